The van der Waals surface area contributed by atoms with Gasteiger partial charge in [-0.15, -0.1) is 0 Å². The third-order valence-electron chi connectivity index (χ3n) is 4.16. The van der Waals surface area contributed by atoms with Gasteiger partial charge in [-0.3, -0.25) is 0 Å². The van der Waals surface area contributed by atoms with E-state index in [4.69, 9.17) is 44.3 Å². The fourth-order valence-electron chi connectivity index (χ4n) is 2.70. The molecular formula is C23H16Cl3NO2. The van der Waals surface area contributed by atoms with Crippen molar-refractivity contribution in [1.82, 2.24) is 0 Å². The van der Waals surface area contributed by atoms with Gasteiger partial charge in [0.1, 0.15) is 6.61 Å². The van der Waals surface area contributed by atoms with Gasteiger partial charge >= 0.3 is 0 Å². The molecule has 0 fully saturated rings. The molecule has 0 spiro atoms. The Labute approximate surface area is 184 Å². The maximum Gasteiger partial charge on any atom is 0.161 e. The molecule has 0 saturated heterocycles. The zero-order valence-electron chi connectivity index (χ0n) is 15.5. The van der Waals surface area contributed by atoms with E-state index in [0.29, 0.717) is 44.3 Å². The van der Waals surface area contributed by atoms with Gasteiger partial charge in [0.15, 0.2) is 11.5 Å². The van der Waals surface area contributed by atoms with Crippen LogP contribution in [0.3, 0.4) is 0 Å². The third-order valence-corrected chi connectivity index (χ3v) is 5.23. The monoisotopic (exact) mass is 443 g/mol. The normalized spacial score (nSPS) is 11.1. The standard InChI is InChI=1S/C23H16Cl3NO2/c1-28-23-12-15(10-17(13-27)18-4-2-3-5-19(18)24)7-9-22(23)29-14-16-6-8-20(25)21(26)11-16/h2-12H,14H2,1H3. The lowest BCUT2D eigenvalue weighted by molar-refractivity contribution is 0.284. The summed E-state index contributed by atoms with van der Waals surface area (Å²) in [6.45, 7) is 0.311. The maximum absolute atomic E-state index is 9.55. The minimum absolute atomic E-state index is 0.311. The summed E-state index contributed by atoms with van der Waals surface area (Å²) in [5.41, 5.74) is 2.81. The molecule has 0 unspecified atom stereocenters. The molecule has 0 atom stereocenters. The molecule has 146 valence electrons. The number of allylic oxidation sites excluding steroid dienone is 1. The number of hydrogen-bond acceptors (Lipinski definition) is 3. The van der Waals surface area contributed by atoms with Crippen LogP contribution >= 0.6 is 34.8 Å². The minimum atomic E-state index is 0.311. The summed E-state index contributed by atoms with van der Waals surface area (Å²) in [5.74, 6) is 1.13. The van der Waals surface area contributed by atoms with E-state index in [0.717, 1.165) is 11.1 Å². The summed E-state index contributed by atoms with van der Waals surface area (Å²) in [4.78, 5) is 0. The first-order chi connectivity index (χ1) is 14.0. The Kier molecular flexibility index (Phi) is 7.06. The van der Waals surface area contributed by atoms with E-state index in [1.54, 1.807) is 43.5 Å². The summed E-state index contributed by atoms with van der Waals surface area (Å²) in [7, 11) is 1.56. The Morgan fingerprint density at radius 3 is 2.41 bits per heavy atom. The number of methoxy groups -OCH3 is 1. The van der Waals surface area contributed by atoms with E-state index in [1.165, 1.54) is 0 Å². The van der Waals surface area contributed by atoms with Crippen LogP contribution in [0.25, 0.3) is 11.6 Å². The van der Waals surface area contributed by atoms with Gasteiger partial charge in [0.05, 0.1) is 28.8 Å². The number of nitriles is 1. The summed E-state index contributed by atoms with van der Waals surface area (Å²) < 4.78 is 11.3. The van der Waals surface area contributed by atoms with E-state index < -0.39 is 0 Å². The Morgan fingerprint density at radius 1 is 0.931 bits per heavy atom. The molecule has 0 aliphatic carbocycles. The molecule has 3 aromatic carbocycles. The lowest BCUT2D eigenvalue weighted by Gasteiger charge is -2.12. The highest BCUT2D eigenvalue weighted by Gasteiger charge is 2.09. The van der Waals surface area contributed by atoms with Crippen LogP contribution in [0.2, 0.25) is 15.1 Å². The molecule has 29 heavy (non-hydrogen) atoms. The topological polar surface area (TPSA) is 42.2 Å². The van der Waals surface area contributed by atoms with Crippen molar-refractivity contribution in [3.8, 4) is 17.6 Å². The highest BCUT2D eigenvalue weighted by molar-refractivity contribution is 6.42. The lowest BCUT2D eigenvalue weighted by atomic mass is 10.0. The quantitative estimate of drug-likeness (QED) is 0.296. The molecule has 0 radical (unpaired) electrons. The van der Waals surface area contributed by atoms with E-state index >= 15 is 0 Å². The molecule has 3 aromatic rings. The predicted octanol–water partition coefficient (Wildman–Crippen LogP) is 7.30. The summed E-state index contributed by atoms with van der Waals surface area (Å²) in [5, 5.41) is 11.0. The average Bonchev–Trinajstić information content (AvgIpc) is 2.73. The van der Waals surface area contributed by atoms with Crippen molar-refractivity contribution < 1.29 is 9.47 Å². The highest BCUT2D eigenvalue weighted by atomic mass is 35.5. The first kappa shape index (κ1) is 21.1. The zero-order chi connectivity index (χ0) is 20.8. The van der Waals surface area contributed by atoms with Crippen LogP contribution in [0.1, 0.15) is 16.7 Å². The van der Waals surface area contributed by atoms with Gasteiger partial charge in [-0.05, 0) is 47.5 Å². The first-order valence-electron chi connectivity index (χ1n) is 8.63. The van der Waals surface area contributed by atoms with Gasteiger partial charge < -0.3 is 9.47 Å². The van der Waals surface area contributed by atoms with Crippen LogP contribution in [0, 0.1) is 11.3 Å². The summed E-state index contributed by atoms with van der Waals surface area (Å²) in [6, 6.07) is 20.2. The van der Waals surface area contributed by atoms with Gasteiger partial charge in [0, 0.05) is 10.6 Å². The average molecular weight is 445 g/mol. The molecule has 0 heterocycles. The lowest BCUT2D eigenvalue weighted by Crippen LogP contribution is -1.98. The molecule has 0 aliphatic rings. The molecular weight excluding hydrogens is 429 g/mol. The van der Waals surface area contributed by atoms with Gasteiger partial charge in [-0.25, -0.2) is 0 Å². The van der Waals surface area contributed by atoms with Crippen LogP contribution in [0.4, 0.5) is 0 Å². The number of nitrogens with zero attached hydrogens (tertiary/aromatic N) is 1. The van der Waals surface area contributed by atoms with Gasteiger partial charge in [-0.2, -0.15) is 5.26 Å². The maximum atomic E-state index is 9.55. The summed E-state index contributed by atoms with van der Waals surface area (Å²) >= 11 is 18.2. The second kappa shape index (κ2) is 9.71. The van der Waals surface area contributed by atoms with E-state index in [1.807, 2.05) is 30.3 Å². The smallest absolute Gasteiger partial charge is 0.161 e. The molecule has 6 heteroatoms. The van der Waals surface area contributed by atoms with Gasteiger partial charge in [0.2, 0.25) is 0 Å². The van der Waals surface area contributed by atoms with E-state index in [-0.39, 0.29) is 0 Å². The van der Waals surface area contributed by atoms with Crippen LogP contribution < -0.4 is 9.47 Å². The van der Waals surface area contributed by atoms with Crippen LogP contribution in [-0.2, 0) is 6.61 Å². The Bertz CT molecular complexity index is 1100. The van der Waals surface area contributed by atoms with Gasteiger partial charge in [-0.1, -0.05) is 65.1 Å². The largest absolute Gasteiger partial charge is 0.493 e. The molecule has 3 nitrogen and oxygen atoms in total. The van der Waals surface area contributed by atoms with E-state index in [2.05, 4.69) is 6.07 Å². The highest BCUT2D eigenvalue weighted by Crippen LogP contribution is 2.32. The van der Waals surface area contributed by atoms with Crippen molar-refractivity contribution in [3.05, 3.63) is 92.4 Å². The molecule has 0 N–H and O–H groups in total. The summed E-state index contributed by atoms with van der Waals surface area (Å²) in [6.07, 6.45) is 1.76. The van der Waals surface area contributed by atoms with E-state index in [9.17, 15) is 5.26 Å². The molecule has 0 aliphatic heterocycles. The number of rotatable bonds is 6. The van der Waals surface area contributed by atoms with Crippen molar-refractivity contribution in [2.45, 2.75) is 6.61 Å². The minimum Gasteiger partial charge on any atom is -0.493 e. The second-order valence-corrected chi connectivity index (χ2v) is 7.32. The van der Waals surface area contributed by atoms with Crippen molar-refractivity contribution in [2.24, 2.45) is 0 Å². The van der Waals surface area contributed by atoms with Crippen LogP contribution in [0.15, 0.2) is 60.7 Å². The molecule has 0 saturated carbocycles. The number of hydrogen-bond donors (Lipinski definition) is 0. The number of halogens is 3. The van der Waals surface area contributed by atoms with Gasteiger partial charge in [0.25, 0.3) is 0 Å². The first-order valence-corrected chi connectivity index (χ1v) is 9.76. The Balaban J connectivity index is 1.83. The molecule has 0 bridgehead atoms. The van der Waals surface area contributed by atoms with Crippen molar-refractivity contribution in [2.75, 3.05) is 7.11 Å². The predicted molar refractivity (Wildman–Crippen MR) is 119 cm³/mol. The Hall–Kier alpha value is -2.64. The third kappa shape index (κ3) is 5.25. The number of ether oxygens (including phenoxy) is 2. The zero-order valence-corrected chi connectivity index (χ0v) is 17.7. The van der Waals surface area contributed by atoms with Crippen LogP contribution in [0.5, 0.6) is 11.5 Å². The number of benzene rings is 3. The fraction of sp³-hybridized carbons (Fsp3) is 0.0870. The molecule has 0 aromatic heterocycles. The Morgan fingerprint density at radius 2 is 1.72 bits per heavy atom. The van der Waals surface area contributed by atoms with Crippen molar-refractivity contribution in [3.63, 3.8) is 0 Å². The molecule has 3 rings (SSSR count). The van der Waals surface area contributed by atoms with Crippen LogP contribution in [-0.4, -0.2) is 7.11 Å². The SMILES string of the molecule is COc1cc(C=C(C#N)c2ccccc2Cl)ccc1OCc1ccc(Cl)c(Cl)c1. The molecule has 0 amide bonds. The fourth-order valence-corrected chi connectivity index (χ4v) is 3.26. The van der Waals surface area contributed by atoms with Crippen molar-refractivity contribution in [1.29, 1.82) is 5.26 Å². The second-order valence-electron chi connectivity index (χ2n) is 6.10. The van der Waals surface area contributed by atoms with Crippen molar-refractivity contribution >= 4 is 46.5 Å².